The third-order valence-corrected chi connectivity index (χ3v) is 1.37. The molecule has 1 N–H and O–H groups in total. The van der Waals surface area contributed by atoms with E-state index in [-0.39, 0.29) is 6.23 Å². The van der Waals surface area contributed by atoms with Crippen molar-refractivity contribution in [2.75, 3.05) is 6.61 Å². The van der Waals surface area contributed by atoms with Gasteiger partial charge in [0.15, 0.2) is 6.23 Å². The average molecular weight is 143 g/mol. The molecule has 0 aromatic carbocycles. The van der Waals surface area contributed by atoms with Crippen LogP contribution in [-0.2, 0) is 4.74 Å². The standard InChI is InChI=1S/C7H13NO2/c1-7(2,9)6-8-4-3-5-10-6/h4,6,9H,3,5H2,1-2H3. The van der Waals surface area contributed by atoms with E-state index in [4.69, 9.17) is 4.74 Å². The minimum absolute atomic E-state index is 0.374. The van der Waals surface area contributed by atoms with E-state index in [1.165, 1.54) is 0 Å². The second-order valence-corrected chi connectivity index (χ2v) is 3.00. The minimum Gasteiger partial charge on any atom is -0.386 e. The fourth-order valence-corrected chi connectivity index (χ4v) is 0.832. The lowest BCUT2D eigenvalue weighted by Crippen LogP contribution is -2.38. The van der Waals surface area contributed by atoms with Gasteiger partial charge in [0.1, 0.15) is 5.60 Å². The smallest absolute Gasteiger partial charge is 0.175 e. The van der Waals surface area contributed by atoms with Crippen LogP contribution in [0.15, 0.2) is 4.99 Å². The summed E-state index contributed by atoms with van der Waals surface area (Å²) in [5, 5.41) is 9.40. The molecule has 0 spiro atoms. The van der Waals surface area contributed by atoms with E-state index >= 15 is 0 Å². The van der Waals surface area contributed by atoms with Gasteiger partial charge in [-0.25, -0.2) is 0 Å². The number of nitrogens with zero attached hydrogens (tertiary/aromatic N) is 1. The molecular weight excluding hydrogens is 130 g/mol. The van der Waals surface area contributed by atoms with Gasteiger partial charge in [0, 0.05) is 12.6 Å². The molecule has 0 amide bonds. The van der Waals surface area contributed by atoms with Crippen molar-refractivity contribution in [3.05, 3.63) is 0 Å². The Hall–Kier alpha value is -0.410. The highest BCUT2D eigenvalue weighted by Crippen LogP contribution is 2.15. The Labute approximate surface area is 60.7 Å². The predicted molar refractivity (Wildman–Crippen MR) is 39.1 cm³/mol. The monoisotopic (exact) mass is 143 g/mol. The second kappa shape index (κ2) is 2.68. The first kappa shape index (κ1) is 7.69. The van der Waals surface area contributed by atoms with Crippen molar-refractivity contribution in [1.29, 1.82) is 0 Å². The van der Waals surface area contributed by atoms with Crippen molar-refractivity contribution in [3.8, 4) is 0 Å². The molecule has 1 unspecified atom stereocenters. The summed E-state index contributed by atoms with van der Waals surface area (Å²) in [6.07, 6.45) is 2.28. The van der Waals surface area contributed by atoms with Gasteiger partial charge in [-0.05, 0) is 13.8 Å². The lowest BCUT2D eigenvalue weighted by molar-refractivity contribution is -0.0854. The Morgan fingerprint density at radius 2 is 2.40 bits per heavy atom. The lowest BCUT2D eigenvalue weighted by Gasteiger charge is -2.27. The van der Waals surface area contributed by atoms with Crippen LogP contribution in [0, 0.1) is 0 Å². The van der Waals surface area contributed by atoms with Gasteiger partial charge < -0.3 is 9.84 Å². The first-order chi connectivity index (χ1) is 4.61. The summed E-state index contributed by atoms with van der Waals surface area (Å²) in [6.45, 7) is 4.05. The van der Waals surface area contributed by atoms with Gasteiger partial charge in [-0.1, -0.05) is 0 Å². The van der Waals surface area contributed by atoms with Gasteiger partial charge in [-0.15, -0.1) is 0 Å². The highest BCUT2D eigenvalue weighted by Gasteiger charge is 2.27. The van der Waals surface area contributed by atoms with Crippen molar-refractivity contribution in [3.63, 3.8) is 0 Å². The molecule has 0 radical (unpaired) electrons. The molecule has 1 aliphatic heterocycles. The van der Waals surface area contributed by atoms with Gasteiger partial charge >= 0.3 is 0 Å². The highest BCUT2D eigenvalue weighted by atomic mass is 16.5. The normalized spacial score (nSPS) is 26.9. The third kappa shape index (κ3) is 1.78. The molecule has 1 rings (SSSR count). The highest BCUT2D eigenvalue weighted by molar-refractivity contribution is 5.58. The van der Waals surface area contributed by atoms with Gasteiger partial charge in [-0.3, -0.25) is 4.99 Å². The maximum atomic E-state index is 9.40. The minimum atomic E-state index is -0.850. The largest absolute Gasteiger partial charge is 0.386 e. The van der Waals surface area contributed by atoms with Crippen LogP contribution in [-0.4, -0.2) is 29.8 Å². The Morgan fingerprint density at radius 3 is 2.70 bits per heavy atom. The zero-order valence-electron chi connectivity index (χ0n) is 6.37. The molecule has 10 heavy (non-hydrogen) atoms. The van der Waals surface area contributed by atoms with Gasteiger partial charge in [0.25, 0.3) is 0 Å². The summed E-state index contributed by atoms with van der Waals surface area (Å²) in [5.74, 6) is 0. The maximum Gasteiger partial charge on any atom is 0.175 e. The molecule has 0 aromatic heterocycles. The Kier molecular flexibility index (Phi) is 2.06. The number of aliphatic imine (C=N–C) groups is 1. The van der Waals surface area contributed by atoms with Crippen molar-refractivity contribution >= 4 is 6.21 Å². The molecule has 0 saturated heterocycles. The molecule has 3 nitrogen and oxygen atoms in total. The van der Waals surface area contributed by atoms with Gasteiger partial charge in [-0.2, -0.15) is 0 Å². The zero-order valence-corrected chi connectivity index (χ0v) is 6.37. The predicted octanol–water partition coefficient (Wildman–Crippen LogP) is 0.575. The number of ether oxygens (including phenoxy) is 1. The molecule has 0 saturated carbocycles. The van der Waals surface area contributed by atoms with E-state index in [9.17, 15) is 5.11 Å². The van der Waals surface area contributed by atoms with Gasteiger partial charge in [0.2, 0.25) is 0 Å². The van der Waals surface area contributed by atoms with E-state index in [1.807, 2.05) is 0 Å². The van der Waals surface area contributed by atoms with E-state index in [0.29, 0.717) is 6.61 Å². The molecule has 1 heterocycles. The number of rotatable bonds is 1. The molecule has 1 atom stereocenters. The van der Waals surface area contributed by atoms with Gasteiger partial charge in [0.05, 0.1) is 6.61 Å². The number of hydrogen-bond acceptors (Lipinski definition) is 3. The lowest BCUT2D eigenvalue weighted by atomic mass is 10.1. The molecule has 1 aliphatic rings. The second-order valence-electron chi connectivity index (χ2n) is 3.00. The summed E-state index contributed by atoms with van der Waals surface area (Å²) in [4.78, 5) is 4.00. The summed E-state index contributed by atoms with van der Waals surface area (Å²) in [7, 11) is 0. The van der Waals surface area contributed by atoms with Crippen LogP contribution in [0.4, 0.5) is 0 Å². The van der Waals surface area contributed by atoms with Crippen LogP contribution in [0.25, 0.3) is 0 Å². The fourth-order valence-electron chi connectivity index (χ4n) is 0.832. The quantitative estimate of drug-likeness (QED) is 0.583. The number of hydrogen-bond donors (Lipinski definition) is 1. The van der Waals surface area contributed by atoms with E-state index in [1.54, 1.807) is 20.1 Å². The molecule has 0 fully saturated rings. The topological polar surface area (TPSA) is 41.8 Å². The Bertz CT molecular complexity index is 137. The van der Waals surface area contributed by atoms with Crippen molar-refractivity contribution < 1.29 is 9.84 Å². The van der Waals surface area contributed by atoms with E-state index in [0.717, 1.165) is 6.42 Å². The summed E-state index contributed by atoms with van der Waals surface area (Å²) < 4.78 is 5.19. The average Bonchev–Trinajstić information content (AvgIpc) is 1.88. The number of aliphatic hydroxyl groups is 1. The zero-order chi connectivity index (χ0) is 7.61. The van der Waals surface area contributed by atoms with Crippen molar-refractivity contribution in [1.82, 2.24) is 0 Å². The molecule has 0 aliphatic carbocycles. The third-order valence-electron chi connectivity index (χ3n) is 1.37. The van der Waals surface area contributed by atoms with E-state index in [2.05, 4.69) is 4.99 Å². The molecule has 0 bridgehead atoms. The Morgan fingerprint density at radius 1 is 1.70 bits per heavy atom. The maximum absolute atomic E-state index is 9.40. The Balaban J connectivity index is 2.55. The van der Waals surface area contributed by atoms with Crippen LogP contribution in [0.5, 0.6) is 0 Å². The van der Waals surface area contributed by atoms with Crippen LogP contribution < -0.4 is 0 Å². The van der Waals surface area contributed by atoms with Crippen molar-refractivity contribution in [2.24, 2.45) is 4.99 Å². The molecular formula is C7H13NO2. The fraction of sp³-hybridized carbons (Fsp3) is 0.857. The summed E-state index contributed by atoms with van der Waals surface area (Å²) >= 11 is 0. The van der Waals surface area contributed by atoms with Crippen LogP contribution in [0.3, 0.4) is 0 Å². The van der Waals surface area contributed by atoms with Crippen LogP contribution in [0.1, 0.15) is 20.3 Å². The molecule has 3 heteroatoms. The van der Waals surface area contributed by atoms with Crippen LogP contribution >= 0.6 is 0 Å². The SMILES string of the molecule is CC(C)(O)C1N=CCCO1. The molecule has 0 aromatic rings. The summed E-state index contributed by atoms with van der Waals surface area (Å²) in [5.41, 5.74) is -0.850. The first-order valence-electron chi connectivity index (χ1n) is 3.46. The first-order valence-corrected chi connectivity index (χ1v) is 3.46. The van der Waals surface area contributed by atoms with Crippen LogP contribution in [0.2, 0.25) is 0 Å². The summed E-state index contributed by atoms with van der Waals surface area (Å²) in [6, 6.07) is 0. The van der Waals surface area contributed by atoms with Crippen molar-refractivity contribution in [2.45, 2.75) is 32.1 Å². The van der Waals surface area contributed by atoms with E-state index < -0.39 is 5.60 Å². The molecule has 58 valence electrons.